The summed E-state index contributed by atoms with van der Waals surface area (Å²) in [6, 6.07) is 0.326. The molecule has 118 valence electrons. The van der Waals surface area contributed by atoms with E-state index in [1.54, 1.807) is 0 Å². The number of aromatic nitrogens is 2. The van der Waals surface area contributed by atoms with Crippen LogP contribution in [-0.4, -0.2) is 27.8 Å². The molecule has 0 unspecified atom stereocenters. The SMILES string of the molecule is CCc1nnc(N(CC(C)C)C(C)C)c(C(N)=S)c1CC. The first-order valence-electron chi connectivity index (χ1n) is 7.78. The maximum Gasteiger partial charge on any atom is 0.162 e. The van der Waals surface area contributed by atoms with Gasteiger partial charge in [0, 0.05) is 12.6 Å². The molecule has 0 aliphatic heterocycles. The number of hydrogen-bond acceptors (Lipinski definition) is 4. The van der Waals surface area contributed by atoms with Crippen molar-refractivity contribution in [2.24, 2.45) is 11.7 Å². The molecular weight excluding hydrogens is 280 g/mol. The van der Waals surface area contributed by atoms with Crippen LogP contribution in [0, 0.1) is 5.92 Å². The number of nitrogens with zero attached hydrogens (tertiary/aromatic N) is 3. The first kappa shape index (κ1) is 17.8. The standard InChI is InChI=1S/C16H28N4S/c1-7-12-13(8-2)18-19-16(14(12)15(17)21)20(11(5)6)9-10(3)4/h10-11H,7-9H2,1-6H3,(H2,17,21). The first-order chi connectivity index (χ1) is 9.83. The Bertz CT molecular complexity index is 497. The zero-order chi connectivity index (χ0) is 16.2. The molecule has 0 aromatic carbocycles. The monoisotopic (exact) mass is 308 g/mol. The van der Waals surface area contributed by atoms with Crippen LogP contribution in [0.2, 0.25) is 0 Å². The van der Waals surface area contributed by atoms with Crippen LogP contribution >= 0.6 is 12.2 Å². The fraction of sp³-hybridized carbons (Fsp3) is 0.688. The highest BCUT2D eigenvalue weighted by Gasteiger charge is 2.23. The number of nitrogens with two attached hydrogens (primary N) is 1. The van der Waals surface area contributed by atoms with Gasteiger partial charge in [-0.1, -0.05) is 39.9 Å². The van der Waals surface area contributed by atoms with Gasteiger partial charge in [0.2, 0.25) is 0 Å². The third-order valence-corrected chi connectivity index (χ3v) is 3.74. The molecule has 0 saturated heterocycles. The van der Waals surface area contributed by atoms with Crippen molar-refractivity contribution in [1.29, 1.82) is 0 Å². The summed E-state index contributed by atoms with van der Waals surface area (Å²) in [5, 5.41) is 8.88. The van der Waals surface area contributed by atoms with Crippen LogP contribution < -0.4 is 10.6 Å². The number of anilines is 1. The molecule has 4 nitrogen and oxygen atoms in total. The van der Waals surface area contributed by atoms with E-state index in [9.17, 15) is 0 Å². The Labute approximate surface area is 134 Å². The number of hydrogen-bond donors (Lipinski definition) is 1. The maximum atomic E-state index is 6.02. The molecule has 21 heavy (non-hydrogen) atoms. The molecule has 0 aliphatic rings. The smallest absolute Gasteiger partial charge is 0.162 e. The molecule has 0 aliphatic carbocycles. The minimum absolute atomic E-state index is 0.326. The fourth-order valence-electron chi connectivity index (χ4n) is 2.56. The summed E-state index contributed by atoms with van der Waals surface area (Å²) < 4.78 is 0. The molecule has 0 spiro atoms. The molecular formula is C16H28N4S. The molecule has 1 aromatic heterocycles. The van der Waals surface area contributed by atoms with Crippen molar-refractivity contribution in [2.45, 2.75) is 60.4 Å². The average Bonchev–Trinajstić information content (AvgIpc) is 2.42. The predicted octanol–water partition coefficient (Wildman–Crippen LogP) is 3.11. The highest BCUT2D eigenvalue weighted by atomic mass is 32.1. The maximum absolute atomic E-state index is 6.02. The number of aryl methyl sites for hydroxylation is 1. The van der Waals surface area contributed by atoms with Crippen molar-refractivity contribution in [2.75, 3.05) is 11.4 Å². The van der Waals surface area contributed by atoms with Crippen LogP contribution in [0.25, 0.3) is 0 Å². The fourth-order valence-corrected chi connectivity index (χ4v) is 2.77. The van der Waals surface area contributed by atoms with Gasteiger partial charge in [0.05, 0.1) is 11.3 Å². The zero-order valence-electron chi connectivity index (χ0n) is 14.1. The summed E-state index contributed by atoms with van der Waals surface area (Å²) in [6.45, 7) is 13.8. The van der Waals surface area contributed by atoms with Crippen molar-refractivity contribution >= 4 is 23.0 Å². The lowest BCUT2D eigenvalue weighted by Crippen LogP contribution is -2.37. The zero-order valence-corrected chi connectivity index (χ0v) is 14.9. The second kappa shape index (κ2) is 7.69. The molecule has 0 atom stereocenters. The van der Waals surface area contributed by atoms with Gasteiger partial charge in [-0.05, 0) is 38.2 Å². The van der Waals surface area contributed by atoms with Crippen LogP contribution in [0.1, 0.15) is 58.4 Å². The van der Waals surface area contributed by atoms with Gasteiger partial charge in [-0.15, -0.1) is 5.10 Å². The molecule has 1 rings (SSSR count). The normalized spacial score (nSPS) is 11.2. The average molecular weight is 308 g/mol. The van der Waals surface area contributed by atoms with Crippen molar-refractivity contribution in [3.05, 3.63) is 16.8 Å². The molecule has 1 heterocycles. The van der Waals surface area contributed by atoms with Gasteiger partial charge >= 0.3 is 0 Å². The van der Waals surface area contributed by atoms with Gasteiger partial charge in [0.1, 0.15) is 4.99 Å². The molecule has 5 heteroatoms. The second-order valence-corrected chi connectivity index (χ2v) is 6.47. The van der Waals surface area contributed by atoms with E-state index >= 15 is 0 Å². The van der Waals surface area contributed by atoms with E-state index in [0.29, 0.717) is 16.9 Å². The quantitative estimate of drug-likeness (QED) is 0.784. The van der Waals surface area contributed by atoms with Crippen LogP contribution in [-0.2, 0) is 12.8 Å². The van der Waals surface area contributed by atoms with E-state index in [1.165, 1.54) is 0 Å². The molecule has 0 amide bonds. The van der Waals surface area contributed by atoms with Crippen LogP contribution in [0.3, 0.4) is 0 Å². The molecule has 1 aromatic rings. The number of rotatable bonds is 7. The summed E-state index contributed by atoms with van der Waals surface area (Å²) >= 11 is 5.31. The lowest BCUT2D eigenvalue weighted by atomic mass is 10.0. The topological polar surface area (TPSA) is 55.0 Å². The molecule has 0 radical (unpaired) electrons. The van der Waals surface area contributed by atoms with E-state index in [4.69, 9.17) is 18.0 Å². The van der Waals surface area contributed by atoms with Gasteiger partial charge in [-0.3, -0.25) is 0 Å². The third kappa shape index (κ3) is 4.13. The Morgan fingerprint density at radius 2 is 1.76 bits per heavy atom. The lowest BCUT2D eigenvalue weighted by Gasteiger charge is -2.31. The van der Waals surface area contributed by atoms with Gasteiger partial charge in [-0.25, -0.2) is 0 Å². The van der Waals surface area contributed by atoms with E-state index in [-0.39, 0.29) is 0 Å². The minimum Gasteiger partial charge on any atom is -0.389 e. The molecule has 0 fully saturated rings. The second-order valence-electron chi connectivity index (χ2n) is 6.04. The van der Waals surface area contributed by atoms with E-state index in [0.717, 1.165) is 42.0 Å². The molecule has 2 N–H and O–H groups in total. The third-order valence-electron chi connectivity index (χ3n) is 3.53. The summed E-state index contributed by atoms with van der Waals surface area (Å²) in [5.74, 6) is 1.37. The van der Waals surface area contributed by atoms with Crippen molar-refractivity contribution in [3.8, 4) is 0 Å². The first-order valence-corrected chi connectivity index (χ1v) is 8.19. The van der Waals surface area contributed by atoms with Crippen molar-refractivity contribution < 1.29 is 0 Å². The van der Waals surface area contributed by atoms with E-state index in [1.807, 2.05) is 0 Å². The number of thiocarbonyl (C=S) groups is 1. The highest BCUT2D eigenvalue weighted by Crippen LogP contribution is 2.26. The molecule has 0 bridgehead atoms. The Balaban J connectivity index is 3.49. The van der Waals surface area contributed by atoms with Gasteiger partial charge in [0.25, 0.3) is 0 Å². The van der Waals surface area contributed by atoms with Crippen molar-refractivity contribution in [3.63, 3.8) is 0 Å². The van der Waals surface area contributed by atoms with Gasteiger partial charge in [-0.2, -0.15) is 5.10 Å². The van der Waals surface area contributed by atoms with E-state index in [2.05, 4.69) is 56.6 Å². The lowest BCUT2D eigenvalue weighted by molar-refractivity contribution is 0.562. The summed E-state index contributed by atoms with van der Waals surface area (Å²) in [7, 11) is 0. The largest absolute Gasteiger partial charge is 0.389 e. The summed E-state index contributed by atoms with van der Waals surface area (Å²) in [5.41, 5.74) is 9.07. The Kier molecular flexibility index (Phi) is 6.52. The van der Waals surface area contributed by atoms with Crippen LogP contribution in [0.5, 0.6) is 0 Å². The molecule has 0 saturated carbocycles. The summed E-state index contributed by atoms with van der Waals surface area (Å²) in [6.07, 6.45) is 1.71. The van der Waals surface area contributed by atoms with Gasteiger partial charge < -0.3 is 10.6 Å². The minimum atomic E-state index is 0.326. The van der Waals surface area contributed by atoms with Crippen LogP contribution in [0.15, 0.2) is 0 Å². The van der Waals surface area contributed by atoms with Crippen LogP contribution in [0.4, 0.5) is 5.82 Å². The predicted molar refractivity (Wildman–Crippen MR) is 94.0 cm³/mol. The Morgan fingerprint density at radius 3 is 2.14 bits per heavy atom. The Morgan fingerprint density at radius 1 is 1.14 bits per heavy atom. The summed E-state index contributed by atoms with van der Waals surface area (Å²) in [4.78, 5) is 2.67. The van der Waals surface area contributed by atoms with Crippen molar-refractivity contribution in [1.82, 2.24) is 10.2 Å². The van der Waals surface area contributed by atoms with E-state index < -0.39 is 0 Å². The highest BCUT2D eigenvalue weighted by molar-refractivity contribution is 7.80. The Hall–Kier alpha value is -1.23. The van der Waals surface area contributed by atoms with Gasteiger partial charge in [0.15, 0.2) is 5.82 Å².